The predicted molar refractivity (Wildman–Crippen MR) is 48.8 cm³/mol. The van der Waals surface area contributed by atoms with Gasteiger partial charge in [-0.25, -0.2) is 4.98 Å². The fraction of sp³-hybridized carbons (Fsp3) is 0. The van der Waals surface area contributed by atoms with Gasteiger partial charge >= 0.3 is 0 Å². The van der Waals surface area contributed by atoms with Gasteiger partial charge in [-0.2, -0.15) is 10.4 Å². The summed E-state index contributed by atoms with van der Waals surface area (Å²) in [5.41, 5.74) is 6.86. The van der Waals surface area contributed by atoms with Crippen molar-refractivity contribution in [1.82, 2.24) is 15.2 Å². The first-order chi connectivity index (χ1) is 6.31. The van der Waals surface area contributed by atoms with Gasteiger partial charge in [0.2, 0.25) is 0 Å². The number of nitrogen functional groups attached to an aromatic ring is 1. The van der Waals surface area contributed by atoms with E-state index < -0.39 is 0 Å². The molecule has 0 atom stereocenters. The highest BCUT2D eigenvalue weighted by atomic mass is 32.1. The van der Waals surface area contributed by atoms with Crippen LogP contribution in [0.5, 0.6) is 0 Å². The second kappa shape index (κ2) is 2.88. The van der Waals surface area contributed by atoms with E-state index in [-0.39, 0.29) is 0 Å². The average molecular weight is 191 g/mol. The van der Waals surface area contributed by atoms with Crippen LogP contribution in [-0.4, -0.2) is 15.2 Å². The van der Waals surface area contributed by atoms with Crippen LogP contribution < -0.4 is 5.73 Å². The van der Waals surface area contributed by atoms with Crippen LogP contribution in [0.4, 0.5) is 5.13 Å². The molecule has 0 radical (unpaired) electrons. The molecular formula is C7H5N5S. The smallest absolute Gasteiger partial charge is 0.181 e. The Hall–Kier alpha value is -1.87. The third kappa shape index (κ3) is 1.25. The van der Waals surface area contributed by atoms with E-state index in [1.54, 1.807) is 12.4 Å². The highest BCUT2D eigenvalue weighted by molar-refractivity contribution is 7.16. The molecule has 2 heterocycles. The van der Waals surface area contributed by atoms with E-state index in [9.17, 15) is 0 Å². The van der Waals surface area contributed by atoms with Gasteiger partial charge in [0.25, 0.3) is 0 Å². The SMILES string of the molecule is N#Cc1sc(N)nc1-c1cn[nH]c1. The number of nitrogens with zero attached hydrogens (tertiary/aromatic N) is 3. The maximum atomic E-state index is 8.76. The van der Waals surface area contributed by atoms with E-state index in [0.29, 0.717) is 15.7 Å². The van der Waals surface area contributed by atoms with Crippen molar-refractivity contribution in [2.45, 2.75) is 0 Å². The Kier molecular flexibility index (Phi) is 1.72. The zero-order chi connectivity index (χ0) is 9.26. The van der Waals surface area contributed by atoms with Crippen molar-refractivity contribution < 1.29 is 0 Å². The molecule has 0 unspecified atom stereocenters. The summed E-state index contributed by atoms with van der Waals surface area (Å²) in [7, 11) is 0. The molecule has 0 aromatic carbocycles. The van der Waals surface area contributed by atoms with E-state index in [1.807, 2.05) is 6.07 Å². The third-order valence-electron chi connectivity index (χ3n) is 1.52. The lowest BCUT2D eigenvalue weighted by atomic mass is 10.2. The number of nitriles is 1. The quantitative estimate of drug-likeness (QED) is 0.703. The van der Waals surface area contributed by atoms with Gasteiger partial charge in [-0.1, -0.05) is 11.3 Å². The molecule has 5 nitrogen and oxygen atoms in total. The van der Waals surface area contributed by atoms with E-state index in [1.165, 1.54) is 11.3 Å². The van der Waals surface area contributed by atoms with Crippen LogP contribution in [0.25, 0.3) is 11.3 Å². The van der Waals surface area contributed by atoms with Crippen LogP contribution in [0, 0.1) is 11.3 Å². The van der Waals surface area contributed by atoms with Crippen LogP contribution in [-0.2, 0) is 0 Å². The molecule has 0 aliphatic carbocycles. The molecule has 0 bridgehead atoms. The van der Waals surface area contributed by atoms with E-state index in [4.69, 9.17) is 11.0 Å². The van der Waals surface area contributed by atoms with Gasteiger partial charge in [-0.05, 0) is 0 Å². The number of anilines is 1. The monoisotopic (exact) mass is 191 g/mol. The number of H-pyrrole nitrogens is 1. The summed E-state index contributed by atoms with van der Waals surface area (Å²) in [6.07, 6.45) is 3.28. The summed E-state index contributed by atoms with van der Waals surface area (Å²) in [6, 6.07) is 2.04. The summed E-state index contributed by atoms with van der Waals surface area (Å²) in [5.74, 6) is 0. The van der Waals surface area contributed by atoms with E-state index >= 15 is 0 Å². The van der Waals surface area contributed by atoms with Crippen molar-refractivity contribution in [3.8, 4) is 17.3 Å². The van der Waals surface area contributed by atoms with E-state index in [2.05, 4.69) is 15.2 Å². The Labute approximate surface area is 77.8 Å². The van der Waals surface area contributed by atoms with Crippen LogP contribution in [0.2, 0.25) is 0 Å². The van der Waals surface area contributed by atoms with Gasteiger partial charge in [0.1, 0.15) is 16.6 Å². The predicted octanol–water partition coefficient (Wildman–Crippen LogP) is 0.987. The molecule has 64 valence electrons. The number of nitrogens with two attached hydrogens (primary N) is 1. The van der Waals surface area contributed by atoms with Crippen LogP contribution in [0.3, 0.4) is 0 Å². The molecule has 0 aliphatic heterocycles. The zero-order valence-electron chi connectivity index (χ0n) is 6.48. The Morgan fingerprint density at radius 3 is 3.08 bits per heavy atom. The largest absolute Gasteiger partial charge is 0.375 e. The molecule has 2 aromatic heterocycles. The molecule has 0 saturated carbocycles. The molecule has 3 N–H and O–H groups in total. The first-order valence-corrected chi connectivity index (χ1v) is 4.28. The fourth-order valence-corrected chi connectivity index (χ4v) is 1.64. The van der Waals surface area contributed by atoms with Crippen molar-refractivity contribution in [2.75, 3.05) is 5.73 Å². The third-order valence-corrected chi connectivity index (χ3v) is 2.31. The number of hydrogen-bond donors (Lipinski definition) is 2. The highest BCUT2D eigenvalue weighted by Crippen LogP contribution is 2.27. The maximum Gasteiger partial charge on any atom is 0.181 e. The topological polar surface area (TPSA) is 91.4 Å². The standard InChI is InChI=1S/C7H5N5S/c8-1-5-6(12-7(9)13-5)4-2-10-11-3-4/h2-3H,(H2,9,12)(H,10,11). The number of aromatic amines is 1. The number of nitrogens with one attached hydrogen (secondary N) is 1. The minimum Gasteiger partial charge on any atom is -0.375 e. The van der Waals surface area contributed by atoms with Gasteiger partial charge < -0.3 is 5.73 Å². The van der Waals surface area contributed by atoms with Gasteiger partial charge in [0.05, 0.1) is 6.20 Å². The normalized spacial score (nSPS) is 9.77. The van der Waals surface area contributed by atoms with Crippen LogP contribution >= 0.6 is 11.3 Å². The summed E-state index contributed by atoms with van der Waals surface area (Å²) in [5, 5.41) is 15.6. The average Bonchev–Trinajstić information content (AvgIpc) is 2.71. The highest BCUT2D eigenvalue weighted by Gasteiger charge is 2.11. The zero-order valence-corrected chi connectivity index (χ0v) is 7.30. The Bertz CT molecular complexity index is 450. The number of aromatic nitrogens is 3. The Morgan fingerprint density at radius 2 is 2.46 bits per heavy atom. The summed E-state index contributed by atoms with van der Waals surface area (Å²) < 4.78 is 0. The minimum absolute atomic E-state index is 0.396. The van der Waals surface area contributed by atoms with Gasteiger partial charge in [0.15, 0.2) is 5.13 Å². The van der Waals surface area contributed by atoms with Crippen molar-refractivity contribution in [2.24, 2.45) is 0 Å². The molecule has 6 heteroatoms. The second-order valence-electron chi connectivity index (χ2n) is 2.33. The molecule has 0 saturated heterocycles. The first-order valence-electron chi connectivity index (χ1n) is 3.47. The second-order valence-corrected chi connectivity index (χ2v) is 3.36. The van der Waals surface area contributed by atoms with Crippen LogP contribution in [0.1, 0.15) is 4.88 Å². The summed E-state index contributed by atoms with van der Waals surface area (Å²) >= 11 is 1.18. The Morgan fingerprint density at radius 1 is 1.62 bits per heavy atom. The minimum atomic E-state index is 0.396. The molecule has 2 rings (SSSR count). The van der Waals surface area contributed by atoms with Gasteiger partial charge in [-0.3, -0.25) is 5.10 Å². The molecule has 0 aliphatic rings. The van der Waals surface area contributed by atoms with Gasteiger partial charge in [0, 0.05) is 11.8 Å². The lowest BCUT2D eigenvalue weighted by Gasteiger charge is -1.87. The Balaban J connectivity index is 2.59. The first kappa shape index (κ1) is 7.76. The van der Waals surface area contributed by atoms with Crippen molar-refractivity contribution in [3.63, 3.8) is 0 Å². The maximum absolute atomic E-state index is 8.76. The number of rotatable bonds is 1. The summed E-state index contributed by atoms with van der Waals surface area (Å²) in [4.78, 5) is 4.55. The van der Waals surface area contributed by atoms with Crippen molar-refractivity contribution in [3.05, 3.63) is 17.3 Å². The molecule has 0 spiro atoms. The molecule has 2 aromatic rings. The van der Waals surface area contributed by atoms with Crippen LogP contribution in [0.15, 0.2) is 12.4 Å². The molecule has 13 heavy (non-hydrogen) atoms. The molecule has 0 fully saturated rings. The number of hydrogen-bond acceptors (Lipinski definition) is 5. The number of thiazole rings is 1. The van der Waals surface area contributed by atoms with Gasteiger partial charge in [-0.15, -0.1) is 0 Å². The molecule has 0 amide bonds. The summed E-state index contributed by atoms with van der Waals surface area (Å²) in [6.45, 7) is 0. The fourth-order valence-electron chi connectivity index (χ4n) is 0.989. The van der Waals surface area contributed by atoms with Crippen molar-refractivity contribution >= 4 is 16.5 Å². The molecular weight excluding hydrogens is 186 g/mol. The van der Waals surface area contributed by atoms with E-state index in [0.717, 1.165) is 5.56 Å². The lowest BCUT2D eigenvalue weighted by Crippen LogP contribution is -1.82. The lowest BCUT2D eigenvalue weighted by molar-refractivity contribution is 1.09. The van der Waals surface area contributed by atoms with Crippen molar-refractivity contribution in [1.29, 1.82) is 5.26 Å².